The van der Waals surface area contributed by atoms with Crippen LogP contribution < -0.4 is 11.1 Å². The van der Waals surface area contributed by atoms with Gasteiger partial charge in [0.15, 0.2) is 0 Å². The number of rotatable bonds is 0. The predicted molar refractivity (Wildman–Crippen MR) is 25.8 cm³/mol. The van der Waals surface area contributed by atoms with Gasteiger partial charge in [0.1, 0.15) is 0 Å². The van der Waals surface area contributed by atoms with Gasteiger partial charge in [-0.3, -0.25) is 10.1 Å². The van der Waals surface area contributed by atoms with Crippen molar-refractivity contribution in [3.63, 3.8) is 0 Å². The molecule has 3 heteroatoms. The van der Waals surface area contributed by atoms with E-state index in [9.17, 15) is 4.79 Å². The summed E-state index contributed by atoms with van der Waals surface area (Å²) in [6.07, 6.45) is 0. The van der Waals surface area contributed by atoms with E-state index in [0.29, 0.717) is 0 Å². The van der Waals surface area contributed by atoms with Gasteiger partial charge in [0.2, 0.25) is 5.91 Å². The SMILES string of the molecule is CC(=O)NC#CN. The molecule has 38 valence electrons. The van der Waals surface area contributed by atoms with E-state index in [0.717, 1.165) is 0 Å². The fraction of sp³-hybridized carbons (Fsp3) is 0.250. The van der Waals surface area contributed by atoms with Crippen LogP contribution in [-0.2, 0) is 4.79 Å². The summed E-state index contributed by atoms with van der Waals surface area (Å²) in [6.45, 7) is 1.37. The first-order chi connectivity index (χ1) is 3.27. The molecule has 0 atom stereocenters. The topological polar surface area (TPSA) is 55.1 Å². The highest BCUT2D eigenvalue weighted by atomic mass is 16.1. The number of amides is 1. The first-order valence-corrected chi connectivity index (χ1v) is 1.74. The van der Waals surface area contributed by atoms with Crippen molar-refractivity contribution in [3.05, 3.63) is 0 Å². The van der Waals surface area contributed by atoms with Crippen molar-refractivity contribution in [1.29, 1.82) is 0 Å². The molecule has 0 bridgehead atoms. The maximum Gasteiger partial charge on any atom is 0.228 e. The van der Waals surface area contributed by atoms with Gasteiger partial charge in [-0.05, 0) is 0 Å². The fourth-order valence-electron chi connectivity index (χ4n) is 0.124. The zero-order chi connectivity index (χ0) is 5.70. The largest absolute Gasteiger partial charge is 0.358 e. The molecule has 0 spiro atoms. The van der Waals surface area contributed by atoms with Gasteiger partial charge in [0.25, 0.3) is 0 Å². The molecule has 7 heavy (non-hydrogen) atoms. The lowest BCUT2D eigenvalue weighted by Crippen LogP contribution is -2.12. The minimum atomic E-state index is -0.196. The van der Waals surface area contributed by atoms with E-state index in [1.54, 1.807) is 0 Å². The van der Waals surface area contributed by atoms with Crippen LogP contribution in [0, 0.1) is 12.1 Å². The molecular formula is C4H6N2O. The smallest absolute Gasteiger partial charge is 0.228 e. The summed E-state index contributed by atoms with van der Waals surface area (Å²) in [4.78, 5) is 9.93. The van der Waals surface area contributed by atoms with Crippen LogP contribution >= 0.6 is 0 Å². The minimum absolute atomic E-state index is 0.196. The molecule has 1 amide bonds. The molecule has 0 saturated carbocycles. The second-order valence-electron chi connectivity index (χ2n) is 0.951. The van der Waals surface area contributed by atoms with E-state index >= 15 is 0 Å². The minimum Gasteiger partial charge on any atom is -0.358 e. The van der Waals surface area contributed by atoms with Gasteiger partial charge in [-0.15, -0.1) is 0 Å². The first kappa shape index (κ1) is 5.83. The Morgan fingerprint density at radius 3 is 2.57 bits per heavy atom. The third kappa shape index (κ3) is 4.83. The van der Waals surface area contributed by atoms with Crippen LogP contribution in [0.4, 0.5) is 0 Å². The monoisotopic (exact) mass is 98.0 g/mol. The number of nitrogens with two attached hydrogens (primary N) is 1. The average molecular weight is 98.1 g/mol. The lowest BCUT2D eigenvalue weighted by atomic mass is 10.7. The van der Waals surface area contributed by atoms with E-state index in [-0.39, 0.29) is 5.91 Å². The lowest BCUT2D eigenvalue weighted by molar-refractivity contribution is -0.117. The summed E-state index contributed by atoms with van der Waals surface area (Å²) >= 11 is 0. The predicted octanol–water partition coefficient (Wildman–Crippen LogP) is -1.00. The van der Waals surface area contributed by atoms with E-state index in [4.69, 9.17) is 5.73 Å². The molecule has 0 aromatic rings. The van der Waals surface area contributed by atoms with E-state index in [1.807, 2.05) is 6.04 Å². The van der Waals surface area contributed by atoms with Crippen LogP contribution in [0.5, 0.6) is 0 Å². The molecule has 0 aliphatic heterocycles. The average Bonchev–Trinajstić information content (AvgIpc) is 1.61. The van der Waals surface area contributed by atoms with Crippen LogP contribution in [-0.4, -0.2) is 5.91 Å². The van der Waals surface area contributed by atoms with Gasteiger partial charge in [-0.25, -0.2) is 0 Å². The van der Waals surface area contributed by atoms with E-state index in [1.165, 1.54) is 6.92 Å². The Morgan fingerprint density at radius 1 is 1.86 bits per heavy atom. The van der Waals surface area contributed by atoms with Gasteiger partial charge in [0.05, 0.1) is 0 Å². The van der Waals surface area contributed by atoms with Crippen molar-refractivity contribution in [2.75, 3.05) is 0 Å². The van der Waals surface area contributed by atoms with Crippen molar-refractivity contribution in [1.82, 2.24) is 5.32 Å². The van der Waals surface area contributed by atoms with Gasteiger partial charge in [-0.2, -0.15) is 0 Å². The maximum absolute atomic E-state index is 9.93. The summed E-state index contributed by atoms with van der Waals surface area (Å²) in [6, 6.07) is 4.19. The van der Waals surface area contributed by atoms with E-state index in [2.05, 4.69) is 11.4 Å². The first-order valence-electron chi connectivity index (χ1n) is 1.74. The van der Waals surface area contributed by atoms with Crippen molar-refractivity contribution >= 4 is 5.91 Å². The standard InChI is InChI=1S/C4H6N2O/c1-4(7)6-3-2-5/h5H2,1H3,(H,6,7). The molecule has 0 aliphatic carbocycles. The third-order valence-electron chi connectivity index (χ3n) is 0.311. The molecule has 0 fully saturated rings. The number of nitrogens with one attached hydrogen (secondary N) is 1. The highest BCUT2D eigenvalue weighted by Gasteiger charge is 1.77. The van der Waals surface area contributed by atoms with Gasteiger partial charge >= 0.3 is 0 Å². The molecule has 0 aromatic carbocycles. The molecule has 0 unspecified atom stereocenters. The third-order valence-corrected chi connectivity index (χ3v) is 0.311. The second-order valence-corrected chi connectivity index (χ2v) is 0.951. The molecule has 3 nitrogen and oxygen atoms in total. The van der Waals surface area contributed by atoms with Crippen LogP contribution in [0.2, 0.25) is 0 Å². The van der Waals surface area contributed by atoms with E-state index < -0.39 is 0 Å². The Morgan fingerprint density at radius 2 is 2.43 bits per heavy atom. The fourth-order valence-corrected chi connectivity index (χ4v) is 0.124. The Hall–Kier alpha value is -1.17. The zero-order valence-corrected chi connectivity index (χ0v) is 3.99. The van der Waals surface area contributed by atoms with Crippen LogP contribution in [0.3, 0.4) is 0 Å². The van der Waals surface area contributed by atoms with Crippen LogP contribution in [0.15, 0.2) is 0 Å². The number of carbonyl (C=O) groups excluding carboxylic acids is 1. The Balaban J connectivity index is 3.26. The van der Waals surface area contributed by atoms with Crippen LogP contribution in [0.25, 0.3) is 0 Å². The van der Waals surface area contributed by atoms with Crippen molar-refractivity contribution in [2.24, 2.45) is 5.73 Å². The van der Waals surface area contributed by atoms with Crippen molar-refractivity contribution < 1.29 is 4.79 Å². The Kier molecular flexibility index (Phi) is 2.53. The summed E-state index contributed by atoms with van der Waals surface area (Å²) in [5, 5.41) is 2.17. The molecular weight excluding hydrogens is 92.1 g/mol. The molecule has 0 radical (unpaired) electrons. The maximum atomic E-state index is 9.93. The quantitative estimate of drug-likeness (QED) is 0.301. The summed E-state index contributed by atoms with van der Waals surface area (Å²) in [5.74, 6) is -0.196. The van der Waals surface area contributed by atoms with Gasteiger partial charge in [0, 0.05) is 19.0 Å². The number of hydrogen-bond acceptors (Lipinski definition) is 2. The molecule has 3 N–H and O–H groups in total. The van der Waals surface area contributed by atoms with Gasteiger partial charge in [-0.1, -0.05) is 0 Å². The zero-order valence-electron chi connectivity index (χ0n) is 3.99. The molecule has 0 saturated heterocycles. The normalized spacial score (nSPS) is 5.86. The summed E-state index contributed by atoms with van der Waals surface area (Å²) in [5.41, 5.74) is 4.70. The lowest BCUT2D eigenvalue weighted by Gasteiger charge is -1.80. The second kappa shape index (κ2) is 3.04. The van der Waals surface area contributed by atoms with Crippen LogP contribution in [0.1, 0.15) is 6.92 Å². The number of hydrogen-bond donors (Lipinski definition) is 2. The highest BCUT2D eigenvalue weighted by molar-refractivity contribution is 5.74. The van der Waals surface area contributed by atoms with Crippen molar-refractivity contribution in [2.45, 2.75) is 6.92 Å². The molecule has 0 aromatic heterocycles. The van der Waals surface area contributed by atoms with Crippen molar-refractivity contribution in [3.8, 4) is 12.1 Å². The molecule has 0 heterocycles. The Bertz CT molecular complexity index is 119. The summed E-state index contributed by atoms with van der Waals surface area (Å²) in [7, 11) is 0. The molecule has 0 rings (SSSR count). The number of carbonyl (C=O) groups is 1. The molecule has 0 aliphatic rings. The highest BCUT2D eigenvalue weighted by Crippen LogP contribution is 1.50. The Labute approximate surface area is 41.9 Å². The van der Waals surface area contributed by atoms with Gasteiger partial charge < -0.3 is 5.73 Å². The summed E-state index contributed by atoms with van der Waals surface area (Å²) < 4.78 is 0.